The average molecular weight is 293 g/mol. The average Bonchev–Trinajstić information content (AvgIpc) is 2.53. The van der Waals surface area contributed by atoms with Crippen LogP contribution < -0.4 is 14.8 Å². The molecule has 1 aliphatic rings. The molecular weight excluding hydrogens is 266 g/mol. The third-order valence-electron chi connectivity index (χ3n) is 4.29. The number of benzene rings is 1. The summed E-state index contributed by atoms with van der Waals surface area (Å²) >= 11 is 0. The van der Waals surface area contributed by atoms with Crippen molar-refractivity contribution in [1.82, 2.24) is 5.32 Å². The smallest absolute Gasteiger partial charge is 0.161 e. The van der Waals surface area contributed by atoms with Gasteiger partial charge in [0.1, 0.15) is 0 Å². The van der Waals surface area contributed by atoms with Crippen molar-refractivity contribution in [2.24, 2.45) is 0 Å². The number of rotatable bonds is 6. The summed E-state index contributed by atoms with van der Waals surface area (Å²) in [6.45, 7) is 6.95. The Hall–Kier alpha value is -1.26. The van der Waals surface area contributed by atoms with Gasteiger partial charge in [-0.15, -0.1) is 0 Å². The maximum absolute atomic E-state index is 5.57. The van der Waals surface area contributed by atoms with Gasteiger partial charge in [-0.1, -0.05) is 19.9 Å². The van der Waals surface area contributed by atoms with E-state index >= 15 is 0 Å². The molecule has 1 N–H and O–H groups in total. The molecule has 0 saturated carbocycles. The minimum absolute atomic E-state index is 0.113. The highest BCUT2D eigenvalue weighted by atomic mass is 16.5. The molecule has 0 aliphatic carbocycles. The Kier molecular flexibility index (Phi) is 5.48. The van der Waals surface area contributed by atoms with Gasteiger partial charge in [0.25, 0.3) is 0 Å². The zero-order chi connectivity index (χ0) is 15.3. The monoisotopic (exact) mass is 293 g/mol. The highest BCUT2D eigenvalue weighted by molar-refractivity contribution is 5.45. The lowest BCUT2D eigenvalue weighted by Crippen LogP contribution is -2.44. The predicted molar refractivity (Wildman–Crippen MR) is 84.4 cm³/mol. The fraction of sp³-hybridized carbons (Fsp3) is 0.647. The summed E-state index contributed by atoms with van der Waals surface area (Å²) in [7, 11) is 3.35. The van der Waals surface area contributed by atoms with E-state index in [2.05, 4.69) is 31.3 Å². The molecule has 0 unspecified atom stereocenters. The Morgan fingerprint density at radius 2 is 1.81 bits per heavy atom. The lowest BCUT2D eigenvalue weighted by atomic mass is 9.74. The number of hydrogen-bond donors (Lipinski definition) is 1. The molecule has 4 heteroatoms. The number of hydrogen-bond acceptors (Lipinski definition) is 4. The number of ether oxygens (including phenoxy) is 3. The zero-order valence-electron chi connectivity index (χ0n) is 13.6. The molecule has 0 bridgehead atoms. The van der Waals surface area contributed by atoms with Gasteiger partial charge in [-0.05, 0) is 30.5 Å². The van der Waals surface area contributed by atoms with Crippen molar-refractivity contribution in [1.29, 1.82) is 0 Å². The summed E-state index contributed by atoms with van der Waals surface area (Å²) in [6.07, 6.45) is 2.06. The first-order valence-corrected chi connectivity index (χ1v) is 7.65. The van der Waals surface area contributed by atoms with E-state index in [0.717, 1.165) is 44.1 Å². The van der Waals surface area contributed by atoms with E-state index in [1.54, 1.807) is 14.2 Å². The largest absolute Gasteiger partial charge is 0.493 e. The van der Waals surface area contributed by atoms with E-state index < -0.39 is 0 Å². The van der Waals surface area contributed by atoms with Crippen LogP contribution in [0.5, 0.6) is 11.5 Å². The van der Waals surface area contributed by atoms with Crippen LogP contribution in [-0.2, 0) is 10.2 Å². The van der Waals surface area contributed by atoms with Crippen LogP contribution in [0.15, 0.2) is 18.2 Å². The van der Waals surface area contributed by atoms with Crippen molar-refractivity contribution >= 4 is 0 Å². The van der Waals surface area contributed by atoms with E-state index in [-0.39, 0.29) is 5.41 Å². The van der Waals surface area contributed by atoms with Gasteiger partial charge in [-0.3, -0.25) is 0 Å². The molecule has 118 valence electrons. The van der Waals surface area contributed by atoms with Gasteiger partial charge in [0.2, 0.25) is 0 Å². The molecule has 21 heavy (non-hydrogen) atoms. The van der Waals surface area contributed by atoms with Gasteiger partial charge in [0.15, 0.2) is 11.5 Å². The summed E-state index contributed by atoms with van der Waals surface area (Å²) in [6, 6.07) is 6.76. The molecule has 1 aromatic carbocycles. The summed E-state index contributed by atoms with van der Waals surface area (Å²) in [5.74, 6) is 1.57. The Morgan fingerprint density at radius 3 is 2.38 bits per heavy atom. The molecule has 0 amide bonds. The molecule has 2 rings (SSSR count). The second-order valence-electron chi connectivity index (χ2n) is 6.00. The first-order chi connectivity index (χ1) is 10.1. The maximum atomic E-state index is 5.57. The van der Waals surface area contributed by atoms with E-state index in [1.165, 1.54) is 5.56 Å². The maximum Gasteiger partial charge on any atom is 0.161 e. The summed E-state index contributed by atoms with van der Waals surface area (Å²) in [5.41, 5.74) is 1.42. The SMILES string of the molecule is COc1ccc(C2(CNC(C)C)CCOCC2)cc1OC. The fourth-order valence-electron chi connectivity index (χ4n) is 2.90. The fourth-order valence-corrected chi connectivity index (χ4v) is 2.90. The molecule has 1 heterocycles. The van der Waals surface area contributed by atoms with Crippen molar-refractivity contribution in [3.05, 3.63) is 23.8 Å². The van der Waals surface area contributed by atoms with Gasteiger partial charge in [-0.2, -0.15) is 0 Å². The van der Waals surface area contributed by atoms with Crippen molar-refractivity contribution in [3.8, 4) is 11.5 Å². The molecule has 1 aliphatic heterocycles. The minimum atomic E-state index is 0.113. The van der Waals surface area contributed by atoms with Crippen molar-refractivity contribution in [3.63, 3.8) is 0 Å². The van der Waals surface area contributed by atoms with Crippen molar-refractivity contribution in [2.45, 2.75) is 38.1 Å². The van der Waals surface area contributed by atoms with Crippen LogP contribution in [0.2, 0.25) is 0 Å². The van der Waals surface area contributed by atoms with Crippen LogP contribution in [0.4, 0.5) is 0 Å². The van der Waals surface area contributed by atoms with Crippen LogP contribution in [0, 0.1) is 0 Å². The van der Waals surface area contributed by atoms with Gasteiger partial charge < -0.3 is 19.5 Å². The first-order valence-electron chi connectivity index (χ1n) is 7.65. The van der Waals surface area contributed by atoms with Crippen molar-refractivity contribution in [2.75, 3.05) is 34.0 Å². The van der Waals surface area contributed by atoms with Crippen LogP contribution in [-0.4, -0.2) is 40.0 Å². The molecule has 1 aromatic rings. The highest BCUT2D eigenvalue weighted by Gasteiger charge is 2.35. The molecule has 0 radical (unpaired) electrons. The molecule has 1 saturated heterocycles. The second-order valence-corrected chi connectivity index (χ2v) is 6.00. The molecule has 1 fully saturated rings. The molecule has 0 atom stereocenters. The lowest BCUT2D eigenvalue weighted by Gasteiger charge is -2.39. The lowest BCUT2D eigenvalue weighted by molar-refractivity contribution is 0.0491. The van der Waals surface area contributed by atoms with Gasteiger partial charge >= 0.3 is 0 Å². The van der Waals surface area contributed by atoms with E-state index in [0.29, 0.717) is 6.04 Å². The summed E-state index contributed by atoms with van der Waals surface area (Å²) < 4.78 is 16.4. The summed E-state index contributed by atoms with van der Waals surface area (Å²) in [5, 5.41) is 3.59. The Bertz CT molecular complexity index is 453. The van der Waals surface area contributed by atoms with Crippen LogP contribution >= 0.6 is 0 Å². The second kappa shape index (κ2) is 7.14. The quantitative estimate of drug-likeness (QED) is 0.875. The normalized spacial score (nSPS) is 17.8. The zero-order valence-corrected chi connectivity index (χ0v) is 13.6. The van der Waals surface area contributed by atoms with Crippen LogP contribution in [0.25, 0.3) is 0 Å². The Balaban J connectivity index is 2.31. The van der Waals surface area contributed by atoms with E-state index in [4.69, 9.17) is 14.2 Å². The van der Waals surface area contributed by atoms with Crippen LogP contribution in [0.1, 0.15) is 32.3 Å². The predicted octanol–water partition coefficient (Wildman–Crippen LogP) is 2.75. The van der Waals surface area contributed by atoms with E-state index in [1.807, 2.05) is 6.07 Å². The van der Waals surface area contributed by atoms with Crippen LogP contribution in [0.3, 0.4) is 0 Å². The molecule has 4 nitrogen and oxygen atoms in total. The number of methoxy groups -OCH3 is 2. The third kappa shape index (κ3) is 3.69. The highest BCUT2D eigenvalue weighted by Crippen LogP contribution is 2.38. The third-order valence-corrected chi connectivity index (χ3v) is 4.29. The van der Waals surface area contributed by atoms with Gasteiger partial charge in [-0.25, -0.2) is 0 Å². The molecule has 0 spiro atoms. The van der Waals surface area contributed by atoms with E-state index in [9.17, 15) is 0 Å². The van der Waals surface area contributed by atoms with Gasteiger partial charge in [0, 0.05) is 31.2 Å². The van der Waals surface area contributed by atoms with Crippen molar-refractivity contribution < 1.29 is 14.2 Å². The van der Waals surface area contributed by atoms with Gasteiger partial charge in [0.05, 0.1) is 14.2 Å². The molecular formula is C17H27NO3. The molecule has 0 aromatic heterocycles. The first kappa shape index (κ1) is 16.1. The topological polar surface area (TPSA) is 39.7 Å². The Labute approximate surface area is 127 Å². The minimum Gasteiger partial charge on any atom is -0.493 e. The standard InChI is InChI=1S/C17H27NO3/c1-13(2)18-12-17(7-9-21-10-8-17)14-5-6-15(19-3)16(11-14)20-4/h5-6,11,13,18H,7-10,12H2,1-4H3. The Morgan fingerprint density at radius 1 is 1.14 bits per heavy atom. The number of nitrogens with one attached hydrogen (secondary N) is 1. The summed E-state index contributed by atoms with van der Waals surface area (Å²) in [4.78, 5) is 0.